The summed E-state index contributed by atoms with van der Waals surface area (Å²) < 4.78 is 1.32. The predicted octanol–water partition coefficient (Wildman–Crippen LogP) is -1.50. The van der Waals surface area contributed by atoms with Gasteiger partial charge >= 0.3 is 91.7 Å². The summed E-state index contributed by atoms with van der Waals surface area (Å²) in [5.41, 5.74) is 6.16. The summed E-state index contributed by atoms with van der Waals surface area (Å²) in [6.45, 7) is 9.10. The molecular formula is C10H20IN2-. The van der Waals surface area contributed by atoms with Crippen LogP contribution in [0.15, 0.2) is 4.99 Å². The molecule has 1 heterocycles. The van der Waals surface area contributed by atoms with E-state index in [0.29, 0.717) is 4.05 Å². The van der Waals surface area contributed by atoms with Crippen molar-refractivity contribution in [3.63, 3.8) is 0 Å². The van der Waals surface area contributed by atoms with Crippen LogP contribution in [0.5, 0.6) is 0 Å². The van der Waals surface area contributed by atoms with Gasteiger partial charge in [0.1, 0.15) is 0 Å². The van der Waals surface area contributed by atoms with Crippen LogP contribution in [0.1, 0.15) is 26.7 Å². The van der Waals surface area contributed by atoms with Crippen LogP contribution in [0.25, 0.3) is 0 Å². The Balaban J connectivity index is 2.62. The van der Waals surface area contributed by atoms with Gasteiger partial charge in [-0.15, -0.1) is 0 Å². The van der Waals surface area contributed by atoms with E-state index in [1.807, 2.05) is 0 Å². The first-order valence-electron chi connectivity index (χ1n) is 5.04. The molecule has 0 aromatic heterocycles. The molecule has 78 valence electrons. The van der Waals surface area contributed by atoms with E-state index in [9.17, 15) is 0 Å². The van der Waals surface area contributed by atoms with Gasteiger partial charge in [-0.05, 0) is 0 Å². The molecule has 1 aliphatic heterocycles. The monoisotopic (exact) mass is 295 g/mol. The van der Waals surface area contributed by atoms with Gasteiger partial charge in [-0.25, -0.2) is 0 Å². The average molecular weight is 295 g/mol. The first-order valence-corrected chi connectivity index (χ1v) is 7.53. The Morgan fingerprint density at radius 2 is 1.92 bits per heavy atom. The Bertz CT molecular complexity index is 172. The normalized spacial score (nSPS) is 39.9. The SMILES string of the molecule is C=NC[C@H]1[I-][C@@H](N)C(CC)C1CC. The molecule has 0 radical (unpaired) electrons. The maximum atomic E-state index is 6.16. The standard InChI is InChI=1S/C10H20IN2/c1-4-7-8(5-2)10(12)11-9(7)6-13-3/h7-10H,3-6,12H2,1-2H3/q-1/t7?,8?,9-,10+/m1/s1. The molecule has 2 N–H and O–H groups in total. The first-order chi connectivity index (χ1) is 6.24. The molecule has 2 nitrogen and oxygen atoms in total. The second kappa shape index (κ2) is 5.29. The fraction of sp³-hybridized carbons (Fsp3) is 0.900. The summed E-state index contributed by atoms with van der Waals surface area (Å²) in [7, 11) is 0. The average Bonchev–Trinajstić information content (AvgIpc) is 2.41. The second-order valence-corrected chi connectivity index (χ2v) is 7.39. The molecule has 1 rings (SSSR count). The summed E-state index contributed by atoms with van der Waals surface area (Å²) in [5, 5.41) is 0. The van der Waals surface area contributed by atoms with E-state index in [1.165, 1.54) is 12.8 Å². The van der Waals surface area contributed by atoms with Crippen LogP contribution >= 0.6 is 0 Å². The molecule has 0 spiro atoms. The van der Waals surface area contributed by atoms with Gasteiger partial charge in [-0.2, -0.15) is 0 Å². The second-order valence-electron chi connectivity index (χ2n) is 3.64. The molecule has 3 heteroatoms. The quantitative estimate of drug-likeness (QED) is 0.291. The number of rotatable bonds is 4. The zero-order valence-electron chi connectivity index (χ0n) is 8.54. The first kappa shape index (κ1) is 11.4. The minimum absolute atomic E-state index is 0.158. The fourth-order valence-corrected chi connectivity index (χ4v) is 6.99. The van der Waals surface area contributed by atoms with Crippen LogP contribution in [0, 0.1) is 11.8 Å². The fourth-order valence-electron chi connectivity index (χ4n) is 2.26. The predicted molar refractivity (Wildman–Crippen MR) is 53.7 cm³/mol. The van der Waals surface area contributed by atoms with Crippen LogP contribution in [-0.2, 0) is 0 Å². The Kier molecular flexibility index (Phi) is 4.66. The van der Waals surface area contributed by atoms with Crippen LogP contribution in [0.4, 0.5) is 0 Å². The Labute approximate surface area is 91.6 Å². The number of alkyl halides is 2. The molecule has 1 saturated heterocycles. The van der Waals surface area contributed by atoms with E-state index in [-0.39, 0.29) is 21.2 Å². The molecule has 0 saturated carbocycles. The third kappa shape index (κ3) is 2.43. The number of aliphatic imine (C=N–C) groups is 1. The van der Waals surface area contributed by atoms with Gasteiger partial charge in [-0.1, -0.05) is 0 Å². The van der Waals surface area contributed by atoms with Crippen LogP contribution in [-0.4, -0.2) is 21.2 Å². The van der Waals surface area contributed by atoms with E-state index < -0.39 is 0 Å². The molecule has 0 aliphatic carbocycles. The zero-order chi connectivity index (χ0) is 9.84. The van der Waals surface area contributed by atoms with Crippen molar-refractivity contribution < 1.29 is 21.2 Å². The van der Waals surface area contributed by atoms with Crippen molar-refractivity contribution in [1.82, 2.24) is 0 Å². The molecule has 0 bridgehead atoms. The van der Waals surface area contributed by atoms with Gasteiger partial charge in [0.25, 0.3) is 0 Å². The number of nitrogens with two attached hydrogens (primary N) is 1. The number of halogens is 1. The van der Waals surface area contributed by atoms with Gasteiger partial charge in [0.05, 0.1) is 0 Å². The maximum absolute atomic E-state index is 6.16. The van der Waals surface area contributed by atoms with E-state index in [4.69, 9.17) is 5.73 Å². The van der Waals surface area contributed by atoms with Crippen LogP contribution < -0.4 is 26.9 Å². The third-order valence-electron chi connectivity index (χ3n) is 2.98. The van der Waals surface area contributed by atoms with Crippen molar-refractivity contribution in [2.45, 2.75) is 34.7 Å². The Hall–Kier alpha value is 0.360. The van der Waals surface area contributed by atoms with Crippen molar-refractivity contribution in [2.75, 3.05) is 6.54 Å². The van der Waals surface area contributed by atoms with Crippen molar-refractivity contribution in [1.29, 1.82) is 0 Å². The molecular weight excluding hydrogens is 275 g/mol. The zero-order valence-corrected chi connectivity index (χ0v) is 10.7. The van der Waals surface area contributed by atoms with Gasteiger partial charge in [-0.3, -0.25) is 0 Å². The summed E-state index contributed by atoms with van der Waals surface area (Å²) in [6, 6.07) is 0. The van der Waals surface area contributed by atoms with E-state index in [0.717, 1.165) is 22.3 Å². The summed E-state index contributed by atoms with van der Waals surface area (Å²) in [6.07, 6.45) is 2.51. The van der Waals surface area contributed by atoms with Crippen molar-refractivity contribution >= 4 is 6.72 Å². The van der Waals surface area contributed by atoms with Crippen molar-refractivity contribution in [3.05, 3.63) is 0 Å². The molecule has 1 fully saturated rings. The molecule has 1 aliphatic rings. The summed E-state index contributed by atoms with van der Waals surface area (Å²) in [5.74, 6) is 1.60. The van der Waals surface area contributed by atoms with E-state index in [1.54, 1.807) is 0 Å². The Morgan fingerprint density at radius 1 is 1.31 bits per heavy atom. The third-order valence-corrected chi connectivity index (χ3v) is 6.97. The van der Waals surface area contributed by atoms with Gasteiger partial charge in [0, 0.05) is 0 Å². The number of hydrogen-bond donors (Lipinski definition) is 1. The molecule has 13 heavy (non-hydrogen) atoms. The number of nitrogens with zero attached hydrogens (tertiary/aromatic N) is 1. The summed E-state index contributed by atoms with van der Waals surface area (Å²) in [4.78, 5) is 4.04. The Morgan fingerprint density at radius 3 is 2.38 bits per heavy atom. The summed E-state index contributed by atoms with van der Waals surface area (Å²) >= 11 is 0.158. The molecule has 4 atom stereocenters. The molecule has 0 aromatic carbocycles. The van der Waals surface area contributed by atoms with Gasteiger partial charge < -0.3 is 0 Å². The molecule has 0 amide bonds. The van der Waals surface area contributed by atoms with E-state index >= 15 is 0 Å². The van der Waals surface area contributed by atoms with Gasteiger partial charge in [0.2, 0.25) is 0 Å². The minimum atomic E-state index is 0.158. The van der Waals surface area contributed by atoms with Crippen LogP contribution in [0.2, 0.25) is 0 Å². The van der Waals surface area contributed by atoms with Crippen molar-refractivity contribution in [2.24, 2.45) is 22.6 Å². The van der Waals surface area contributed by atoms with Crippen molar-refractivity contribution in [3.8, 4) is 0 Å². The topological polar surface area (TPSA) is 38.4 Å². The van der Waals surface area contributed by atoms with E-state index in [2.05, 4.69) is 25.6 Å². The van der Waals surface area contributed by atoms with Gasteiger partial charge in [0.15, 0.2) is 0 Å². The van der Waals surface area contributed by atoms with Crippen LogP contribution in [0.3, 0.4) is 0 Å². The number of hydrogen-bond acceptors (Lipinski definition) is 2. The molecule has 2 unspecified atom stereocenters. The molecule has 0 aromatic rings.